The van der Waals surface area contributed by atoms with Crippen LogP contribution >= 0.6 is 0 Å². The van der Waals surface area contributed by atoms with Crippen molar-refractivity contribution in [2.24, 2.45) is 0 Å². The highest BCUT2D eigenvalue weighted by molar-refractivity contribution is 6.24. The predicted octanol–water partition coefficient (Wildman–Crippen LogP) is 12.6. The van der Waals surface area contributed by atoms with Gasteiger partial charge in [-0.15, -0.1) is 0 Å². The molecule has 50 heavy (non-hydrogen) atoms. The maximum Gasteiger partial charge on any atom is 0.0372 e. The second-order valence-electron chi connectivity index (χ2n) is 14.1. The Kier molecular flexibility index (Phi) is 8.30. The average Bonchev–Trinajstić information content (AvgIpc) is 3.21. The predicted molar refractivity (Wildman–Crippen MR) is 215 cm³/mol. The molecule has 7 aromatic carbocycles. The second-order valence-corrected chi connectivity index (χ2v) is 14.1. The van der Waals surface area contributed by atoms with Crippen LogP contribution in [-0.4, -0.2) is 26.2 Å². The zero-order chi connectivity index (χ0) is 33.3. The third-order valence-electron chi connectivity index (χ3n) is 11.1. The second kappa shape index (κ2) is 13.5. The highest BCUT2D eigenvalue weighted by Crippen LogP contribution is 2.49. The van der Waals surface area contributed by atoms with Crippen molar-refractivity contribution in [1.82, 2.24) is 0 Å². The molecule has 0 saturated carbocycles. The van der Waals surface area contributed by atoms with Gasteiger partial charge in [0.1, 0.15) is 0 Å². The fourth-order valence-corrected chi connectivity index (χ4v) is 8.62. The topological polar surface area (TPSA) is 6.48 Å². The normalized spacial score (nSPS) is 15.1. The van der Waals surface area contributed by atoms with Crippen molar-refractivity contribution in [3.63, 3.8) is 0 Å². The lowest BCUT2D eigenvalue weighted by Crippen LogP contribution is -2.29. The van der Waals surface area contributed by atoms with Crippen LogP contribution in [0.3, 0.4) is 0 Å². The standard InChI is InChI=1S/C48H44N2/c1-5-17-35(18-6-1)39-21-9-11-23-41(39)47-43-27-25-38(50-31-15-4-16-32-50)34-46(43)48(42-24-12-10-22-40(42)36-19-7-2-8-20-36)44-28-26-37(33-45(44)47)49-29-13-3-14-30-49/h1-2,5-12,17-28,33-34H,3-4,13-16,29-32H2. The number of fused-ring (bicyclic) bond motifs is 2. The van der Waals surface area contributed by atoms with Gasteiger partial charge in [0.25, 0.3) is 0 Å². The molecule has 2 heteroatoms. The molecular weight excluding hydrogens is 605 g/mol. The van der Waals surface area contributed by atoms with Crippen LogP contribution in [0.15, 0.2) is 146 Å². The summed E-state index contributed by atoms with van der Waals surface area (Å²) in [4.78, 5) is 5.22. The van der Waals surface area contributed by atoms with Crippen LogP contribution < -0.4 is 9.80 Å². The monoisotopic (exact) mass is 648 g/mol. The van der Waals surface area contributed by atoms with E-state index in [9.17, 15) is 0 Å². The third kappa shape index (κ3) is 5.63. The Hall–Kier alpha value is -5.34. The molecule has 2 heterocycles. The molecule has 9 rings (SSSR count). The summed E-state index contributed by atoms with van der Waals surface area (Å²) < 4.78 is 0. The largest absolute Gasteiger partial charge is 0.372 e. The van der Waals surface area contributed by atoms with Gasteiger partial charge in [-0.1, -0.05) is 121 Å². The molecule has 0 radical (unpaired) electrons. The van der Waals surface area contributed by atoms with Crippen LogP contribution in [0, 0.1) is 0 Å². The Morgan fingerprint density at radius 2 is 0.660 bits per heavy atom. The van der Waals surface area contributed by atoms with Crippen molar-refractivity contribution in [3.05, 3.63) is 146 Å². The van der Waals surface area contributed by atoms with E-state index in [4.69, 9.17) is 0 Å². The van der Waals surface area contributed by atoms with Crippen LogP contribution in [-0.2, 0) is 0 Å². The Bertz CT molecular complexity index is 2110. The molecule has 0 N–H and O–H groups in total. The van der Waals surface area contributed by atoms with Gasteiger partial charge in [-0.05, 0) is 129 Å². The molecule has 246 valence electrons. The molecule has 0 spiro atoms. The Balaban J connectivity index is 1.41. The quantitative estimate of drug-likeness (QED) is 0.166. The smallest absolute Gasteiger partial charge is 0.0372 e. The van der Waals surface area contributed by atoms with E-state index in [-0.39, 0.29) is 0 Å². The van der Waals surface area contributed by atoms with E-state index < -0.39 is 0 Å². The minimum atomic E-state index is 1.12. The lowest BCUT2D eigenvalue weighted by atomic mass is 9.82. The molecule has 0 bridgehead atoms. The molecule has 2 nitrogen and oxygen atoms in total. The first-order chi connectivity index (χ1) is 24.8. The van der Waals surface area contributed by atoms with Crippen LogP contribution in [0.25, 0.3) is 66.1 Å². The first kappa shape index (κ1) is 30.7. The van der Waals surface area contributed by atoms with E-state index in [2.05, 4.69) is 155 Å². The highest BCUT2D eigenvalue weighted by atomic mass is 15.1. The van der Waals surface area contributed by atoms with E-state index in [0.717, 1.165) is 26.2 Å². The molecule has 0 atom stereocenters. The van der Waals surface area contributed by atoms with E-state index in [0.29, 0.717) is 0 Å². The minimum absolute atomic E-state index is 1.12. The highest BCUT2D eigenvalue weighted by Gasteiger charge is 2.23. The van der Waals surface area contributed by atoms with Gasteiger partial charge in [-0.25, -0.2) is 0 Å². The van der Waals surface area contributed by atoms with Crippen molar-refractivity contribution in [1.29, 1.82) is 0 Å². The zero-order valence-corrected chi connectivity index (χ0v) is 28.8. The summed E-state index contributed by atoms with van der Waals surface area (Å²) in [5.41, 5.74) is 13.0. The van der Waals surface area contributed by atoms with Crippen molar-refractivity contribution in [2.75, 3.05) is 36.0 Å². The number of nitrogens with zero attached hydrogens (tertiary/aromatic N) is 2. The lowest BCUT2D eigenvalue weighted by Gasteiger charge is -2.31. The van der Waals surface area contributed by atoms with Gasteiger partial charge in [-0.2, -0.15) is 0 Å². The summed E-state index contributed by atoms with van der Waals surface area (Å²) in [6.07, 6.45) is 7.68. The summed E-state index contributed by atoms with van der Waals surface area (Å²) in [5.74, 6) is 0. The Morgan fingerprint density at radius 3 is 1.06 bits per heavy atom. The molecule has 0 aliphatic carbocycles. The Labute approximate surface area is 296 Å². The van der Waals surface area contributed by atoms with Crippen LogP contribution in [0.1, 0.15) is 38.5 Å². The molecule has 2 aliphatic heterocycles. The summed E-state index contributed by atoms with van der Waals surface area (Å²) in [5, 5.41) is 5.28. The molecule has 2 fully saturated rings. The van der Waals surface area contributed by atoms with Crippen LogP contribution in [0.4, 0.5) is 11.4 Å². The molecule has 2 saturated heterocycles. The summed E-state index contributed by atoms with van der Waals surface area (Å²) in [6.45, 7) is 4.49. The number of hydrogen-bond acceptors (Lipinski definition) is 2. The van der Waals surface area contributed by atoms with Crippen LogP contribution in [0.2, 0.25) is 0 Å². The van der Waals surface area contributed by atoms with Crippen LogP contribution in [0.5, 0.6) is 0 Å². The lowest BCUT2D eigenvalue weighted by molar-refractivity contribution is 0.578. The summed E-state index contributed by atoms with van der Waals surface area (Å²) in [6, 6.07) is 54.7. The van der Waals surface area contributed by atoms with Gasteiger partial charge in [0.15, 0.2) is 0 Å². The van der Waals surface area contributed by atoms with E-state index in [1.165, 1.54) is 116 Å². The van der Waals surface area contributed by atoms with Crippen molar-refractivity contribution < 1.29 is 0 Å². The number of rotatable bonds is 6. The van der Waals surface area contributed by atoms with Gasteiger partial charge >= 0.3 is 0 Å². The van der Waals surface area contributed by atoms with Crippen molar-refractivity contribution in [3.8, 4) is 44.5 Å². The van der Waals surface area contributed by atoms with Gasteiger partial charge < -0.3 is 9.80 Å². The van der Waals surface area contributed by atoms with E-state index in [1.807, 2.05) is 0 Å². The van der Waals surface area contributed by atoms with Gasteiger partial charge in [0.05, 0.1) is 0 Å². The van der Waals surface area contributed by atoms with Gasteiger partial charge in [-0.3, -0.25) is 0 Å². The molecule has 0 amide bonds. The fraction of sp³-hybridized carbons (Fsp3) is 0.208. The van der Waals surface area contributed by atoms with E-state index in [1.54, 1.807) is 0 Å². The average molecular weight is 649 g/mol. The maximum absolute atomic E-state index is 2.61. The number of hydrogen-bond donors (Lipinski definition) is 0. The molecular formula is C48H44N2. The number of piperidine rings is 2. The zero-order valence-electron chi connectivity index (χ0n) is 28.8. The first-order valence-corrected chi connectivity index (χ1v) is 18.7. The summed E-state index contributed by atoms with van der Waals surface area (Å²) in [7, 11) is 0. The van der Waals surface area contributed by atoms with Crippen molar-refractivity contribution >= 4 is 32.9 Å². The minimum Gasteiger partial charge on any atom is -0.372 e. The maximum atomic E-state index is 2.61. The summed E-state index contributed by atoms with van der Waals surface area (Å²) >= 11 is 0. The SMILES string of the molecule is c1ccc(-c2ccccc2-c2c3ccc(N4CCCCC4)cc3c(-c3ccccc3-c3ccccc3)c3ccc(N4CCCCC4)cc23)cc1. The molecule has 2 aliphatic rings. The fourth-order valence-electron chi connectivity index (χ4n) is 8.62. The first-order valence-electron chi connectivity index (χ1n) is 18.7. The van der Waals surface area contributed by atoms with Gasteiger partial charge in [0, 0.05) is 37.6 Å². The van der Waals surface area contributed by atoms with E-state index >= 15 is 0 Å². The molecule has 0 aromatic heterocycles. The van der Waals surface area contributed by atoms with Gasteiger partial charge in [0.2, 0.25) is 0 Å². The third-order valence-corrected chi connectivity index (χ3v) is 11.1. The van der Waals surface area contributed by atoms with Crippen molar-refractivity contribution in [2.45, 2.75) is 38.5 Å². The Morgan fingerprint density at radius 1 is 0.300 bits per heavy atom. The number of benzene rings is 7. The number of anilines is 2. The molecule has 0 unspecified atom stereocenters. The molecule has 7 aromatic rings.